The number of amides is 1. The van der Waals surface area contributed by atoms with Crippen molar-refractivity contribution in [2.24, 2.45) is 0 Å². The molecular weight excluding hydrogens is 319 g/mol. The summed E-state index contributed by atoms with van der Waals surface area (Å²) >= 11 is 0. The molecule has 0 bridgehead atoms. The van der Waals surface area contributed by atoms with Gasteiger partial charge in [0.05, 0.1) is 6.61 Å². The van der Waals surface area contributed by atoms with Gasteiger partial charge in [-0.05, 0) is 30.7 Å². The number of alkyl halides is 3. The van der Waals surface area contributed by atoms with E-state index in [2.05, 4.69) is 10.1 Å². The number of benzene rings is 1. The largest absolute Gasteiger partial charge is 0.494 e. The highest BCUT2D eigenvalue weighted by atomic mass is 19.4. The van der Waals surface area contributed by atoms with Gasteiger partial charge >= 0.3 is 12.1 Å². The monoisotopic (exact) mass is 335 g/mol. The van der Waals surface area contributed by atoms with Gasteiger partial charge in [-0.25, -0.2) is 0 Å². The molecule has 0 saturated heterocycles. The minimum atomic E-state index is -4.47. The summed E-state index contributed by atoms with van der Waals surface area (Å²) in [6, 6.07) is 6.11. The molecule has 6 nitrogen and oxygen atoms in total. The molecule has 1 rings (SSSR count). The van der Waals surface area contributed by atoms with Crippen molar-refractivity contribution in [3.05, 3.63) is 24.3 Å². The smallest absolute Gasteiger partial charge is 0.411 e. The third-order valence-corrected chi connectivity index (χ3v) is 2.44. The van der Waals surface area contributed by atoms with Gasteiger partial charge in [-0.3, -0.25) is 9.59 Å². The van der Waals surface area contributed by atoms with Crippen LogP contribution in [0, 0.1) is 0 Å². The zero-order valence-electron chi connectivity index (χ0n) is 12.1. The fourth-order valence-electron chi connectivity index (χ4n) is 1.50. The predicted molar refractivity (Wildman–Crippen MR) is 74.3 cm³/mol. The second-order valence-corrected chi connectivity index (χ2v) is 4.53. The minimum Gasteiger partial charge on any atom is -0.494 e. The molecule has 0 saturated carbocycles. The molecule has 0 aromatic heterocycles. The van der Waals surface area contributed by atoms with E-state index in [1.807, 2.05) is 0 Å². The van der Waals surface area contributed by atoms with Crippen LogP contribution in [0.4, 0.5) is 18.9 Å². The number of carbonyl (C=O) groups excluding carboxylic acids is 1. The molecule has 9 heteroatoms. The molecule has 1 aromatic carbocycles. The quantitative estimate of drug-likeness (QED) is 0.677. The highest BCUT2D eigenvalue weighted by Crippen LogP contribution is 2.17. The zero-order valence-corrected chi connectivity index (χ0v) is 12.1. The van der Waals surface area contributed by atoms with E-state index in [4.69, 9.17) is 9.84 Å². The Morgan fingerprint density at radius 1 is 1.17 bits per heavy atom. The van der Waals surface area contributed by atoms with Crippen molar-refractivity contribution < 1.29 is 37.3 Å². The number of hydrogen-bond acceptors (Lipinski definition) is 4. The highest BCUT2D eigenvalue weighted by molar-refractivity contribution is 5.91. The van der Waals surface area contributed by atoms with E-state index in [0.717, 1.165) is 0 Å². The lowest BCUT2D eigenvalue weighted by atomic mass is 10.3. The van der Waals surface area contributed by atoms with Crippen LogP contribution in [0.3, 0.4) is 0 Å². The average Bonchev–Trinajstić information content (AvgIpc) is 2.43. The number of hydrogen-bond donors (Lipinski definition) is 2. The maximum absolute atomic E-state index is 11.8. The molecule has 128 valence electrons. The van der Waals surface area contributed by atoms with Crippen molar-refractivity contribution in [1.29, 1.82) is 0 Å². The number of nitrogens with one attached hydrogen (secondary N) is 1. The summed E-state index contributed by atoms with van der Waals surface area (Å²) < 4.78 is 45.1. The summed E-state index contributed by atoms with van der Waals surface area (Å²) in [6.07, 6.45) is -4.10. The lowest BCUT2D eigenvalue weighted by molar-refractivity contribution is -0.174. The normalized spacial score (nSPS) is 11.1. The average molecular weight is 335 g/mol. The number of ether oxygens (including phenoxy) is 2. The van der Waals surface area contributed by atoms with Crippen molar-refractivity contribution >= 4 is 17.6 Å². The molecule has 0 heterocycles. The molecule has 0 radical (unpaired) electrons. The lowest BCUT2D eigenvalue weighted by Gasteiger charge is -2.09. The summed E-state index contributed by atoms with van der Waals surface area (Å²) in [7, 11) is 0. The summed E-state index contributed by atoms with van der Waals surface area (Å²) in [5.41, 5.74) is 0.378. The standard InChI is InChI=1S/C14H16F3NO5/c15-14(16,17)9-22-8-12(19)18-10-3-5-11(6-4-10)23-7-1-2-13(20)21/h3-6H,1-2,7-9H2,(H,18,19)(H,20,21). The van der Waals surface area contributed by atoms with Crippen LogP contribution in [0.1, 0.15) is 12.8 Å². The number of rotatable bonds is 9. The first-order valence-corrected chi connectivity index (χ1v) is 6.65. The van der Waals surface area contributed by atoms with E-state index in [1.54, 1.807) is 12.1 Å². The zero-order chi connectivity index (χ0) is 17.3. The van der Waals surface area contributed by atoms with Crippen LogP contribution in [0.25, 0.3) is 0 Å². The van der Waals surface area contributed by atoms with Crippen LogP contribution in [-0.2, 0) is 14.3 Å². The first kappa shape index (κ1) is 18.8. The van der Waals surface area contributed by atoms with Gasteiger partial charge in [-0.2, -0.15) is 13.2 Å². The Labute approximate surface area is 130 Å². The first-order chi connectivity index (χ1) is 10.8. The van der Waals surface area contributed by atoms with Crippen molar-refractivity contribution in [1.82, 2.24) is 0 Å². The molecule has 0 aliphatic carbocycles. The molecule has 0 fully saturated rings. The molecule has 1 aromatic rings. The van der Waals surface area contributed by atoms with Gasteiger partial charge in [0.2, 0.25) is 5.91 Å². The number of anilines is 1. The second-order valence-electron chi connectivity index (χ2n) is 4.53. The number of carboxylic acid groups (broad SMARTS) is 1. The van der Waals surface area contributed by atoms with Gasteiger partial charge in [0.1, 0.15) is 19.0 Å². The molecule has 0 aliphatic heterocycles. The Kier molecular flexibility index (Phi) is 7.33. The van der Waals surface area contributed by atoms with Crippen LogP contribution < -0.4 is 10.1 Å². The van der Waals surface area contributed by atoms with E-state index < -0.39 is 31.3 Å². The second kappa shape index (κ2) is 8.99. The number of halogens is 3. The minimum absolute atomic E-state index is 0.00602. The molecule has 0 unspecified atom stereocenters. The summed E-state index contributed by atoms with van der Waals surface area (Å²) in [5.74, 6) is -1.12. The van der Waals surface area contributed by atoms with Gasteiger partial charge in [-0.1, -0.05) is 0 Å². The summed E-state index contributed by atoms with van der Waals surface area (Å²) in [5, 5.41) is 10.8. The first-order valence-electron chi connectivity index (χ1n) is 6.65. The fourth-order valence-corrected chi connectivity index (χ4v) is 1.50. The van der Waals surface area contributed by atoms with Crippen LogP contribution in [0.2, 0.25) is 0 Å². The van der Waals surface area contributed by atoms with Gasteiger partial charge < -0.3 is 19.9 Å². The van der Waals surface area contributed by atoms with Crippen LogP contribution in [0.15, 0.2) is 24.3 Å². The topological polar surface area (TPSA) is 84.9 Å². The van der Waals surface area contributed by atoms with Crippen molar-refractivity contribution in [2.75, 3.05) is 25.1 Å². The van der Waals surface area contributed by atoms with E-state index in [9.17, 15) is 22.8 Å². The van der Waals surface area contributed by atoms with Gasteiger partial charge in [-0.15, -0.1) is 0 Å². The third-order valence-electron chi connectivity index (χ3n) is 2.44. The maximum Gasteiger partial charge on any atom is 0.411 e. The van der Waals surface area contributed by atoms with Gasteiger partial charge in [0.15, 0.2) is 0 Å². The Bertz CT molecular complexity index is 516. The number of aliphatic carboxylic acids is 1. The molecule has 1 amide bonds. The Morgan fingerprint density at radius 2 is 1.83 bits per heavy atom. The Morgan fingerprint density at radius 3 is 2.39 bits per heavy atom. The molecule has 0 spiro atoms. The van der Waals surface area contributed by atoms with Crippen molar-refractivity contribution in [2.45, 2.75) is 19.0 Å². The van der Waals surface area contributed by atoms with Gasteiger partial charge in [0.25, 0.3) is 0 Å². The van der Waals surface area contributed by atoms with Gasteiger partial charge in [0, 0.05) is 12.1 Å². The fraction of sp³-hybridized carbons (Fsp3) is 0.429. The van der Waals surface area contributed by atoms with E-state index >= 15 is 0 Å². The van der Waals surface area contributed by atoms with Crippen LogP contribution in [-0.4, -0.2) is 43.0 Å². The predicted octanol–water partition coefficient (Wildman–Crippen LogP) is 2.45. The molecule has 23 heavy (non-hydrogen) atoms. The molecule has 0 atom stereocenters. The Hall–Kier alpha value is -2.29. The van der Waals surface area contributed by atoms with E-state index in [0.29, 0.717) is 17.9 Å². The lowest BCUT2D eigenvalue weighted by Crippen LogP contribution is -2.23. The molecular formula is C14H16F3NO5. The summed E-state index contributed by atoms with van der Waals surface area (Å²) in [6.45, 7) is -1.94. The van der Waals surface area contributed by atoms with Crippen LogP contribution in [0.5, 0.6) is 5.75 Å². The highest BCUT2D eigenvalue weighted by Gasteiger charge is 2.27. The molecule has 2 N–H and O–H groups in total. The number of carbonyl (C=O) groups is 2. The Balaban J connectivity index is 2.30. The van der Waals surface area contributed by atoms with Crippen molar-refractivity contribution in [3.63, 3.8) is 0 Å². The third kappa shape index (κ3) is 9.35. The SMILES string of the molecule is O=C(O)CCCOc1ccc(NC(=O)COCC(F)(F)F)cc1. The summed E-state index contributed by atoms with van der Waals surface area (Å²) in [4.78, 5) is 21.7. The maximum atomic E-state index is 11.8. The number of carboxylic acids is 1. The van der Waals surface area contributed by atoms with Crippen LogP contribution >= 0.6 is 0 Å². The van der Waals surface area contributed by atoms with Crippen molar-refractivity contribution in [3.8, 4) is 5.75 Å². The molecule has 0 aliphatic rings. The van der Waals surface area contributed by atoms with E-state index in [1.165, 1.54) is 12.1 Å². The van der Waals surface area contributed by atoms with E-state index in [-0.39, 0.29) is 13.0 Å².